The number of benzene rings is 1. The maximum atomic E-state index is 12.7. The van der Waals surface area contributed by atoms with Crippen LogP contribution in [0.3, 0.4) is 0 Å². The van der Waals surface area contributed by atoms with E-state index in [4.69, 9.17) is 4.74 Å². The Hall–Kier alpha value is -3.49. The number of carbonyl (C=O) groups excluding carboxylic acids is 1. The van der Waals surface area contributed by atoms with Crippen LogP contribution in [0.4, 0.5) is 5.13 Å². The predicted octanol–water partition coefficient (Wildman–Crippen LogP) is 4.07. The first kappa shape index (κ1) is 25.1. The zero-order chi connectivity index (χ0) is 25.0. The summed E-state index contributed by atoms with van der Waals surface area (Å²) in [5.74, 6) is 0.0238. The van der Waals surface area contributed by atoms with E-state index in [1.54, 1.807) is 0 Å². The number of carbonyl (C=O) groups is 1. The Kier molecular flexibility index (Phi) is 7.54. The molecule has 1 aromatic carbocycles. The smallest absolute Gasteiger partial charge is 0.268 e. The summed E-state index contributed by atoms with van der Waals surface area (Å²) in [6.07, 6.45) is 1.49. The zero-order valence-corrected chi connectivity index (χ0v) is 21.1. The van der Waals surface area contributed by atoms with Gasteiger partial charge in [0.25, 0.3) is 11.1 Å². The van der Waals surface area contributed by atoms with Crippen LogP contribution in [0.1, 0.15) is 37.7 Å². The Morgan fingerprint density at radius 3 is 2.68 bits per heavy atom. The molecule has 0 bridgehead atoms. The molecule has 0 saturated carbocycles. The second-order valence-corrected chi connectivity index (χ2v) is 10.8. The van der Waals surface area contributed by atoms with Gasteiger partial charge in [-0.25, -0.2) is 8.42 Å². The lowest BCUT2D eigenvalue weighted by Gasteiger charge is -2.14. The average molecular weight is 500 g/mol. The highest BCUT2D eigenvalue weighted by Gasteiger charge is 2.25. The molecule has 178 valence electrons. The van der Waals surface area contributed by atoms with Crippen molar-refractivity contribution in [3.8, 4) is 17.5 Å². The molecule has 0 atom stereocenters. The first-order valence-corrected chi connectivity index (χ1v) is 12.8. The Morgan fingerprint density at radius 2 is 2.03 bits per heavy atom. The number of nitrogens with zero attached hydrogens (tertiary/aromatic N) is 4. The van der Waals surface area contributed by atoms with Crippen LogP contribution in [0.25, 0.3) is 11.8 Å². The van der Waals surface area contributed by atoms with Crippen LogP contribution >= 0.6 is 11.5 Å². The summed E-state index contributed by atoms with van der Waals surface area (Å²) in [6, 6.07) is 11.4. The van der Waals surface area contributed by atoms with Crippen molar-refractivity contribution in [2.24, 2.45) is 0 Å². The molecule has 1 N–H and O–H groups in total. The molecule has 34 heavy (non-hydrogen) atoms. The molecule has 0 fully saturated rings. The average Bonchev–Trinajstić information content (AvgIpc) is 3.37. The first-order chi connectivity index (χ1) is 16.1. The molecule has 0 spiro atoms. The molecule has 0 aliphatic heterocycles. The maximum absolute atomic E-state index is 12.7. The Morgan fingerprint density at radius 1 is 1.32 bits per heavy atom. The lowest BCUT2D eigenvalue weighted by atomic mass is 10.1. The van der Waals surface area contributed by atoms with E-state index in [2.05, 4.69) is 14.7 Å². The number of aryl methyl sites for hydroxylation is 1. The van der Waals surface area contributed by atoms with Gasteiger partial charge < -0.3 is 9.30 Å². The van der Waals surface area contributed by atoms with Gasteiger partial charge in [-0.2, -0.15) is 14.6 Å². The van der Waals surface area contributed by atoms with Crippen molar-refractivity contribution >= 4 is 38.5 Å². The third kappa shape index (κ3) is 5.03. The minimum absolute atomic E-state index is 0.00138. The predicted molar refractivity (Wildman–Crippen MR) is 131 cm³/mol. The van der Waals surface area contributed by atoms with Gasteiger partial charge in [-0.15, -0.1) is 0 Å². The van der Waals surface area contributed by atoms with E-state index in [1.165, 1.54) is 19.9 Å². The Bertz CT molecular complexity index is 1390. The van der Waals surface area contributed by atoms with Gasteiger partial charge in [-0.3, -0.25) is 10.1 Å². The lowest BCUT2D eigenvalue weighted by Crippen LogP contribution is -2.16. The van der Waals surface area contributed by atoms with Crippen LogP contribution < -0.4 is 10.1 Å². The number of anilines is 1. The van der Waals surface area contributed by atoms with Crippen molar-refractivity contribution in [1.29, 1.82) is 5.26 Å². The first-order valence-electron chi connectivity index (χ1n) is 10.5. The number of rotatable bonds is 8. The number of nitriles is 1. The molecule has 0 unspecified atom stereocenters. The number of nitrogens with one attached hydrogen (secondary N) is 1. The third-order valence-electron chi connectivity index (χ3n) is 5.04. The molecule has 0 saturated heterocycles. The van der Waals surface area contributed by atoms with E-state index in [0.29, 0.717) is 12.2 Å². The second kappa shape index (κ2) is 10.2. The van der Waals surface area contributed by atoms with Crippen molar-refractivity contribution in [2.45, 2.75) is 45.0 Å². The van der Waals surface area contributed by atoms with Crippen molar-refractivity contribution < 1.29 is 17.9 Å². The highest BCUT2D eigenvalue weighted by Crippen LogP contribution is 2.29. The molecule has 9 nitrogen and oxygen atoms in total. The number of para-hydroxylation sites is 2. The summed E-state index contributed by atoms with van der Waals surface area (Å²) >= 11 is 0.743. The number of aromatic nitrogens is 3. The minimum atomic E-state index is -3.66. The number of hydrogen-bond donors (Lipinski definition) is 1. The molecule has 3 rings (SSSR count). The number of ether oxygens (including phenoxy) is 1. The van der Waals surface area contributed by atoms with Crippen LogP contribution in [0.15, 0.2) is 41.1 Å². The van der Waals surface area contributed by atoms with Crippen molar-refractivity contribution in [3.05, 3.63) is 52.9 Å². The molecule has 0 aliphatic carbocycles. The molecular formula is C23H25N5O4S2. The molecular weight excluding hydrogens is 474 g/mol. The topological polar surface area (TPSA) is 127 Å². The SMILES string of the molecule is CCOc1ccccc1-n1c(C)cc(/C=C(/C#N)C(=O)Nc2nc(S(=O)(=O)C(C)C)ns2)c1C. The van der Waals surface area contributed by atoms with Crippen LogP contribution in [-0.2, 0) is 14.6 Å². The van der Waals surface area contributed by atoms with Gasteiger partial charge in [-0.1, -0.05) is 12.1 Å². The highest BCUT2D eigenvalue weighted by atomic mass is 32.2. The Labute approximate surface area is 202 Å². The van der Waals surface area contributed by atoms with E-state index in [-0.39, 0.29) is 15.9 Å². The summed E-state index contributed by atoms with van der Waals surface area (Å²) in [4.78, 5) is 16.6. The Balaban J connectivity index is 1.91. The number of hydrogen-bond acceptors (Lipinski definition) is 8. The largest absolute Gasteiger partial charge is 0.492 e. The van der Waals surface area contributed by atoms with Gasteiger partial charge >= 0.3 is 0 Å². The zero-order valence-electron chi connectivity index (χ0n) is 19.5. The van der Waals surface area contributed by atoms with Crippen molar-refractivity contribution in [1.82, 2.24) is 13.9 Å². The summed E-state index contributed by atoms with van der Waals surface area (Å²) in [7, 11) is -3.66. The van der Waals surface area contributed by atoms with Gasteiger partial charge in [0.15, 0.2) is 0 Å². The van der Waals surface area contributed by atoms with Crippen LogP contribution in [0.2, 0.25) is 0 Å². The van der Waals surface area contributed by atoms with Gasteiger partial charge in [0, 0.05) is 22.9 Å². The summed E-state index contributed by atoms with van der Waals surface area (Å²) in [5, 5.41) is 11.0. The summed E-state index contributed by atoms with van der Waals surface area (Å²) in [6.45, 7) is 9.30. The second-order valence-electron chi connectivity index (χ2n) is 7.66. The molecule has 11 heteroatoms. The van der Waals surface area contributed by atoms with Crippen LogP contribution in [0.5, 0.6) is 5.75 Å². The van der Waals surface area contributed by atoms with E-state index in [1.807, 2.05) is 61.7 Å². The fourth-order valence-electron chi connectivity index (χ4n) is 3.28. The molecule has 0 aliphatic rings. The quantitative estimate of drug-likeness (QED) is 0.365. The van der Waals surface area contributed by atoms with Crippen LogP contribution in [0, 0.1) is 25.2 Å². The molecule has 3 aromatic rings. The van der Waals surface area contributed by atoms with Gasteiger partial charge in [-0.05, 0) is 64.5 Å². The van der Waals surface area contributed by atoms with E-state index < -0.39 is 21.0 Å². The van der Waals surface area contributed by atoms with Crippen molar-refractivity contribution in [2.75, 3.05) is 11.9 Å². The summed E-state index contributed by atoms with van der Waals surface area (Å²) in [5.41, 5.74) is 3.13. The summed E-state index contributed by atoms with van der Waals surface area (Å²) < 4.78 is 36.0. The monoisotopic (exact) mass is 499 g/mol. The number of amides is 1. The number of sulfone groups is 1. The van der Waals surface area contributed by atoms with Gasteiger partial charge in [0.05, 0.1) is 17.5 Å². The minimum Gasteiger partial charge on any atom is -0.492 e. The van der Waals surface area contributed by atoms with E-state index in [9.17, 15) is 18.5 Å². The maximum Gasteiger partial charge on any atom is 0.268 e. The molecule has 1 amide bonds. The lowest BCUT2D eigenvalue weighted by molar-refractivity contribution is -0.112. The van der Waals surface area contributed by atoms with Gasteiger partial charge in [0.2, 0.25) is 15.0 Å². The normalized spacial score (nSPS) is 12.0. The van der Waals surface area contributed by atoms with Crippen LogP contribution in [-0.4, -0.2) is 40.1 Å². The fraction of sp³-hybridized carbons (Fsp3) is 0.304. The van der Waals surface area contributed by atoms with Gasteiger partial charge in [0.1, 0.15) is 17.4 Å². The highest BCUT2D eigenvalue weighted by molar-refractivity contribution is 7.91. The molecule has 2 heterocycles. The fourth-order valence-corrected chi connectivity index (χ4v) is 4.98. The molecule has 0 radical (unpaired) electrons. The standard InChI is InChI=1S/C23H25N5O4S2/c1-6-32-20-10-8-7-9-19(20)28-15(4)11-17(16(28)5)12-18(13-24)21(29)25-22-26-23(27-33-22)34(30,31)14(2)3/h7-12,14H,6H2,1-5H3,(H,25,26,27,29)/b18-12-. The van der Waals surface area contributed by atoms with E-state index >= 15 is 0 Å². The molecule has 2 aromatic heterocycles. The third-order valence-corrected chi connectivity index (χ3v) is 7.72. The van der Waals surface area contributed by atoms with E-state index in [0.717, 1.165) is 34.4 Å². The van der Waals surface area contributed by atoms with Crippen molar-refractivity contribution in [3.63, 3.8) is 0 Å².